The number of allylic oxidation sites excluding steroid dienone is 3. The Morgan fingerprint density at radius 1 is 0.576 bits per heavy atom. The largest absolute Gasteiger partial charge is 0.458 e. The number of Topliss-reactive ketones (excluding diaryl/α,β-unsaturated/α-hetero) is 1. The number of hydrogen-bond donors (Lipinski definition) is 14. The van der Waals surface area contributed by atoms with Crippen LogP contribution in [0.4, 0.5) is 0 Å². The van der Waals surface area contributed by atoms with E-state index in [-0.39, 0.29) is 30.0 Å². The highest BCUT2D eigenvalue weighted by Gasteiger charge is 2.79. The van der Waals surface area contributed by atoms with Gasteiger partial charge in [0, 0.05) is 6.42 Å². The third-order valence-electron chi connectivity index (χ3n) is 23.8. The summed E-state index contributed by atoms with van der Waals surface area (Å²) in [5.74, 6) is -1.03. The summed E-state index contributed by atoms with van der Waals surface area (Å²) in [6.07, 6.45) is -41.3. The van der Waals surface area contributed by atoms with Crippen molar-refractivity contribution in [1.82, 2.24) is 0 Å². The minimum absolute atomic E-state index is 0.0507. The molecule has 7 heterocycles. The molecular formula is C66H104O33. The van der Waals surface area contributed by atoms with Gasteiger partial charge in [-0.15, -0.1) is 6.58 Å². The third kappa shape index (κ3) is 13.7. The SMILES string of the molecule is C=C(C)CCC[C@]1(C)OC(=O)[C@]23CC=C4[C@@H](CC[C@H]5C(C)(C)[C@@H](O[C@@H]6OC[C@@H](O[C@@H]7O[C@H](CO)[C@@H](O)[C@H](O[C@@H]8O[C@H](CO)[C@@H](O)[C@H](OOC)[C@H]8O)[C@H]7O)[C@H](O)[C@H]6O[C@@H]6O[C@H](C)[C@@H](O[C@@H]7OC[C@@H](O)[C@H](O[C@@H]8O[C@H](CO)[C@@H](O)[C@H](OOC)[C@H]8O)[C@H]7O)[C@H](O)[C@H]6O)CC[C@]45C)[C@]2(C)CC(=O)[C@@H]31. The van der Waals surface area contributed by atoms with Gasteiger partial charge in [0.1, 0.15) is 127 Å². The Morgan fingerprint density at radius 3 is 1.69 bits per heavy atom. The van der Waals surface area contributed by atoms with Gasteiger partial charge in [0.15, 0.2) is 49.9 Å². The molecule has 0 aromatic rings. The maximum absolute atomic E-state index is 14.6. The van der Waals surface area contributed by atoms with Crippen LogP contribution in [-0.2, 0) is 90.7 Å². The van der Waals surface area contributed by atoms with Gasteiger partial charge in [0.25, 0.3) is 0 Å². The number of aliphatic hydroxyl groups excluding tert-OH is 14. The number of ether oxygens (including phenoxy) is 13. The topological polar surface area (TPSA) is 474 Å². The average molecular weight is 1430 g/mol. The maximum atomic E-state index is 14.6. The van der Waals surface area contributed by atoms with E-state index in [1.54, 1.807) is 0 Å². The second-order valence-electron chi connectivity index (χ2n) is 30.2. The molecule has 14 N–H and O–H groups in total. The molecule has 566 valence electrons. The van der Waals surface area contributed by atoms with Crippen LogP contribution < -0.4 is 0 Å². The molecule has 11 aliphatic rings. The first-order chi connectivity index (χ1) is 46.8. The molecule has 0 radical (unpaired) electrons. The zero-order chi connectivity index (χ0) is 71.9. The van der Waals surface area contributed by atoms with Crippen molar-refractivity contribution in [2.45, 2.75) is 290 Å². The molecule has 11 rings (SSSR count). The fourth-order valence-electron chi connectivity index (χ4n) is 18.7. The highest BCUT2D eigenvalue weighted by Crippen LogP contribution is 2.75. The molecule has 99 heavy (non-hydrogen) atoms. The van der Waals surface area contributed by atoms with E-state index in [0.29, 0.717) is 38.5 Å². The number of carbonyl (C=O) groups excluding carboxylic acids is 2. The molecule has 3 saturated carbocycles. The molecule has 1 spiro atoms. The number of esters is 1. The maximum Gasteiger partial charge on any atom is 0.314 e. The Bertz CT molecular complexity index is 2820. The summed E-state index contributed by atoms with van der Waals surface area (Å²) >= 11 is 0. The summed E-state index contributed by atoms with van der Waals surface area (Å²) in [6.45, 7) is 14.3. The molecule has 10 fully saturated rings. The Kier molecular flexibility index (Phi) is 23.8. The van der Waals surface area contributed by atoms with Crippen molar-refractivity contribution in [3.8, 4) is 0 Å². The average Bonchev–Trinajstić information content (AvgIpc) is 1.52. The minimum atomic E-state index is -2.05. The van der Waals surface area contributed by atoms with Crippen molar-refractivity contribution in [1.29, 1.82) is 0 Å². The van der Waals surface area contributed by atoms with Crippen LogP contribution in [0.15, 0.2) is 23.8 Å². The lowest BCUT2D eigenvalue weighted by Gasteiger charge is -2.63. The van der Waals surface area contributed by atoms with E-state index in [1.165, 1.54) is 12.5 Å². The lowest BCUT2D eigenvalue weighted by molar-refractivity contribution is -0.408. The highest BCUT2D eigenvalue weighted by molar-refractivity contribution is 5.99. The molecule has 0 bridgehead atoms. The van der Waals surface area contributed by atoms with E-state index in [2.05, 4.69) is 45.2 Å². The Balaban J connectivity index is 0.828. The van der Waals surface area contributed by atoms with E-state index in [9.17, 15) is 81.1 Å². The fraction of sp³-hybridized carbons (Fsp3) is 0.909. The van der Waals surface area contributed by atoms with Gasteiger partial charge in [-0.05, 0) is 100 Å². The van der Waals surface area contributed by atoms with E-state index >= 15 is 0 Å². The number of rotatable bonds is 23. The monoisotopic (exact) mass is 1420 g/mol. The molecule has 33 nitrogen and oxygen atoms in total. The van der Waals surface area contributed by atoms with Gasteiger partial charge in [-0.2, -0.15) is 0 Å². The molecule has 7 saturated heterocycles. The van der Waals surface area contributed by atoms with Crippen molar-refractivity contribution in [2.24, 2.45) is 39.4 Å². The summed E-state index contributed by atoms with van der Waals surface area (Å²) in [5.41, 5.74) is -1.61. The van der Waals surface area contributed by atoms with E-state index in [0.717, 1.165) is 32.6 Å². The number of cyclic esters (lactones) is 1. The van der Waals surface area contributed by atoms with Crippen molar-refractivity contribution in [3.63, 3.8) is 0 Å². The molecule has 0 aromatic heterocycles. The molecule has 36 atom stereocenters. The molecule has 0 unspecified atom stereocenters. The molecule has 0 amide bonds. The predicted molar refractivity (Wildman–Crippen MR) is 327 cm³/mol. The van der Waals surface area contributed by atoms with Crippen LogP contribution in [0.5, 0.6) is 0 Å². The van der Waals surface area contributed by atoms with Crippen LogP contribution in [0.1, 0.15) is 106 Å². The van der Waals surface area contributed by atoms with Gasteiger partial charge < -0.3 is 133 Å². The van der Waals surface area contributed by atoms with Gasteiger partial charge in [-0.3, -0.25) is 9.59 Å². The molecular weight excluding hydrogens is 1320 g/mol. The minimum Gasteiger partial charge on any atom is -0.458 e. The summed E-state index contributed by atoms with van der Waals surface area (Å²) in [7, 11) is 2.21. The van der Waals surface area contributed by atoms with Crippen LogP contribution in [-0.4, -0.2) is 314 Å². The van der Waals surface area contributed by atoms with Crippen LogP contribution in [0, 0.1) is 39.4 Å². The first-order valence-corrected chi connectivity index (χ1v) is 34.4. The Labute approximate surface area is 572 Å². The molecule has 0 aromatic carbocycles. The predicted octanol–water partition coefficient (Wildman–Crippen LogP) is -3.40. The number of carbonyl (C=O) groups is 2. The van der Waals surface area contributed by atoms with Gasteiger partial charge in [0.2, 0.25) is 0 Å². The second-order valence-corrected chi connectivity index (χ2v) is 30.2. The Morgan fingerprint density at radius 2 is 1.10 bits per heavy atom. The van der Waals surface area contributed by atoms with Crippen LogP contribution in [0.2, 0.25) is 0 Å². The second kappa shape index (κ2) is 30.3. The van der Waals surface area contributed by atoms with Gasteiger partial charge >= 0.3 is 5.97 Å². The van der Waals surface area contributed by atoms with Crippen LogP contribution >= 0.6 is 0 Å². The van der Waals surface area contributed by atoms with E-state index in [1.807, 2.05) is 13.8 Å². The van der Waals surface area contributed by atoms with Crippen molar-refractivity contribution >= 4 is 11.8 Å². The molecule has 7 aliphatic heterocycles. The zero-order valence-corrected chi connectivity index (χ0v) is 57.2. The van der Waals surface area contributed by atoms with Gasteiger partial charge in [0.05, 0.1) is 70.8 Å². The van der Waals surface area contributed by atoms with Gasteiger partial charge in [-0.1, -0.05) is 44.9 Å². The standard InChI is InChI=1S/C66H104O33/c1-26(2)12-11-17-65(8)54-30(70)20-64(7)29-13-14-36-62(4,5)37(16-18-63(36,6)28(29)15-19-66(54,64)61(82)97-65)92-60-53(41(75)35(25-86-60)91-57-45(79)50(38(72)32(21-67)88-57)95-59-47(81)52(99-84-10)40(74)34(23-69)90-59)96-56-43(77)42(76)48(27(3)87-56)93-55-44(78)49(31(71)24-85-55)94-58-46(80)51(98-83-9)39(73)33(22-68)89-58/h15,27,29,31-60,67-69,71-81H,1,11-14,16-25H2,2-10H3/t27-,29-,31-,32-,33-,34-,35-,36+,37+,38-,39-,40-,41+,42-,43-,44-,45-,46-,47-,48-,49+,50+,51+,52+,53-,54-,55+,56+,57+,58+,59+,60+,63-,64+,65+,66-/m1/s1. The summed E-state index contributed by atoms with van der Waals surface area (Å²) in [4.78, 5) is 48.5. The summed E-state index contributed by atoms with van der Waals surface area (Å²) in [6, 6.07) is 0. The number of ketones is 1. The van der Waals surface area contributed by atoms with Crippen LogP contribution in [0.3, 0.4) is 0 Å². The lowest BCUT2D eigenvalue weighted by Crippen LogP contribution is -2.67. The van der Waals surface area contributed by atoms with E-state index in [4.69, 9.17) is 76.2 Å². The lowest BCUT2D eigenvalue weighted by atomic mass is 9.41. The van der Waals surface area contributed by atoms with Gasteiger partial charge in [-0.25, -0.2) is 19.6 Å². The summed E-state index contributed by atoms with van der Waals surface area (Å²) < 4.78 is 79.4. The first-order valence-electron chi connectivity index (χ1n) is 34.4. The first kappa shape index (κ1) is 77.5. The normalized spacial score (nSPS) is 51.3. The Hall–Kier alpha value is -2.58. The fourth-order valence-corrected chi connectivity index (χ4v) is 18.7. The number of fused-ring (bicyclic) bond motifs is 4. The summed E-state index contributed by atoms with van der Waals surface area (Å²) in [5, 5.41) is 157. The zero-order valence-electron chi connectivity index (χ0n) is 57.2. The van der Waals surface area contributed by atoms with E-state index < -0.39 is 244 Å². The van der Waals surface area contributed by atoms with Crippen molar-refractivity contribution < 1.29 is 162 Å². The van der Waals surface area contributed by atoms with Crippen LogP contribution in [0.25, 0.3) is 0 Å². The smallest absolute Gasteiger partial charge is 0.314 e. The molecule has 33 heteroatoms. The van der Waals surface area contributed by atoms with Crippen molar-refractivity contribution in [3.05, 3.63) is 23.8 Å². The number of hydrogen-bond acceptors (Lipinski definition) is 33. The highest BCUT2D eigenvalue weighted by atomic mass is 17.2. The quantitative estimate of drug-likeness (QED) is 0.0156. The van der Waals surface area contributed by atoms with Crippen molar-refractivity contribution in [2.75, 3.05) is 47.3 Å². The third-order valence-corrected chi connectivity index (χ3v) is 23.8. The molecule has 4 aliphatic carbocycles. The number of aliphatic hydroxyl groups is 14.